The second kappa shape index (κ2) is 1.85. The van der Waals surface area contributed by atoms with Gasteiger partial charge in [-0.25, -0.2) is 0 Å². The summed E-state index contributed by atoms with van der Waals surface area (Å²) in [5, 5.41) is 0. The Kier molecular flexibility index (Phi) is 1.19. The van der Waals surface area contributed by atoms with Gasteiger partial charge >= 0.3 is 0 Å². The molecule has 0 radical (unpaired) electrons. The summed E-state index contributed by atoms with van der Waals surface area (Å²) in [4.78, 5) is 0. The van der Waals surface area contributed by atoms with Crippen molar-refractivity contribution in [3.63, 3.8) is 0 Å². The van der Waals surface area contributed by atoms with Crippen LogP contribution in [0.1, 0.15) is 26.7 Å². The zero-order chi connectivity index (χ0) is 7.19. The zero-order valence-corrected chi connectivity index (χ0v) is 6.63. The first-order chi connectivity index (χ1) is 4.73. The third kappa shape index (κ3) is 0.734. The highest BCUT2D eigenvalue weighted by Gasteiger charge is 2.43. The maximum absolute atomic E-state index is 5.75. The molecule has 2 bridgehead atoms. The second-order valence-corrected chi connectivity index (χ2v) is 3.63. The summed E-state index contributed by atoms with van der Waals surface area (Å²) in [6.45, 7) is 4.42. The fraction of sp³-hybridized carbons (Fsp3) is 0.778. The molecule has 0 N–H and O–H groups in total. The van der Waals surface area contributed by atoms with Crippen molar-refractivity contribution in [1.29, 1.82) is 0 Å². The van der Waals surface area contributed by atoms with Gasteiger partial charge in [-0.3, -0.25) is 0 Å². The molecule has 0 aromatic heterocycles. The standard InChI is InChI=1S/C9H14O/c1-3-7-6-9(2)5-4-8(7)10-9/h4-5,7-8H,3,6H2,1-2H3. The van der Waals surface area contributed by atoms with Crippen LogP contribution in [0.3, 0.4) is 0 Å². The highest BCUT2D eigenvalue weighted by Crippen LogP contribution is 2.42. The van der Waals surface area contributed by atoms with Gasteiger partial charge in [-0.1, -0.05) is 25.5 Å². The van der Waals surface area contributed by atoms with E-state index in [1.165, 1.54) is 12.8 Å². The second-order valence-electron chi connectivity index (χ2n) is 3.63. The normalized spacial score (nSPS) is 50.6. The van der Waals surface area contributed by atoms with Crippen molar-refractivity contribution >= 4 is 0 Å². The predicted octanol–water partition coefficient (Wildman–Crippen LogP) is 2.13. The Hall–Kier alpha value is -0.300. The fourth-order valence-electron chi connectivity index (χ4n) is 2.07. The SMILES string of the molecule is CCC1CC2(C)C=CC1O2. The summed E-state index contributed by atoms with van der Waals surface area (Å²) in [6, 6.07) is 0. The lowest BCUT2D eigenvalue weighted by atomic mass is 9.86. The van der Waals surface area contributed by atoms with Crippen LogP contribution in [0.2, 0.25) is 0 Å². The van der Waals surface area contributed by atoms with E-state index in [2.05, 4.69) is 26.0 Å². The molecule has 2 aliphatic heterocycles. The van der Waals surface area contributed by atoms with Crippen molar-refractivity contribution in [3.05, 3.63) is 12.2 Å². The van der Waals surface area contributed by atoms with Crippen LogP contribution in [0.4, 0.5) is 0 Å². The van der Waals surface area contributed by atoms with Crippen LogP contribution >= 0.6 is 0 Å². The Morgan fingerprint density at radius 1 is 1.70 bits per heavy atom. The Bertz CT molecular complexity index is 174. The van der Waals surface area contributed by atoms with Crippen LogP contribution < -0.4 is 0 Å². The van der Waals surface area contributed by atoms with Crippen LogP contribution in [0.5, 0.6) is 0 Å². The van der Waals surface area contributed by atoms with Gasteiger partial charge in [0.25, 0.3) is 0 Å². The Morgan fingerprint density at radius 2 is 2.50 bits per heavy atom. The van der Waals surface area contributed by atoms with Crippen molar-refractivity contribution in [3.8, 4) is 0 Å². The smallest absolute Gasteiger partial charge is 0.0847 e. The highest BCUT2D eigenvalue weighted by atomic mass is 16.5. The van der Waals surface area contributed by atoms with E-state index in [1.807, 2.05) is 0 Å². The van der Waals surface area contributed by atoms with Gasteiger partial charge in [-0.2, -0.15) is 0 Å². The maximum atomic E-state index is 5.75. The van der Waals surface area contributed by atoms with Gasteiger partial charge in [0.15, 0.2) is 0 Å². The lowest BCUT2D eigenvalue weighted by Crippen LogP contribution is -2.17. The molecule has 0 amide bonds. The summed E-state index contributed by atoms with van der Waals surface area (Å²) >= 11 is 0. The van der Waals surface area contributed by atoms with E-state index in [9.17, 15) is 0 Å². The fourth-order valence-corrected chi connectivity index (χ4v) is 2.07. The molecular weight excluding hydrogens is 124 g/mol. The number of rotatable bonds is 1. The molecule has 2 rings (SSSR count). The van der Waals surface area contributed by atoms with Crippen LogP contribution in [-0.2, 0) is 4.74 Å². The van der Waals surface area contributed by atoms with Gasteiger partial charge in [0, 0.05) is 0 Å². The zero-order valence-electron chi connectivity index (χ0n) is 6.63. The van der Waals surface area contributed by atoms with Crippen LogP contribution in [0.25, 0.3) is 0 Å². The number of hydrogen-bond acceptors (Lipinski definition) is 1. The summed E-state index contributed by atoms with van der Waals surface area (Å²) in [5.41, 5.74) is 0.103. The van der Waals surface area contributed by atoms with Gasteiger partial charge in [0.05, 0.1) is 11.7 Å². The van der Waals surface area contributed by atoms with E-state index in [-0.39, 0.29) is 5.60 Å². The minimum Gasteiger partial charge on any atom is -0.364 e. The van der Waals surface area contributed by atoms with Gasteiger partial charge < -0.3 is 4.74 Å². The largest absolute Gasteiger partial charge is 0.364 e. The molecule has 2 aliphatic rings. The van der Waals surface area contributed by atoms with Gasteiger partial charge in [-0.05, 0) is 19.3 Å². The molecule has 3 unspecified atom stereocenters. The lowest BCUT2D eigenvalue weighted by Gasteiger charge is -2.16. The van der Waals surface area contributed by atoms with E-state index in [4.69, 9.17) is 4.74 Å². The van der Waals surface area contributed by atoms with E-state index in [0.29, 0.717) is 6.10 Å². The monoisotopic (exact) mass is 138 g/mol. The van der Waals surface area contributed by atoms with Crippen LogP contribution in [0.15, 0.2) is 12.2 Å². The van der Waals surface area contributed by atoms with Gasteiger partial charge in [-0.15, -0.1) is 0 Å². The quantitative estimate of drug-likeness (QED) is 0.504. The third-order valence-electron chi connectivity index (χ3n) is 2.70. The third-order valence-corrected chi connectivity index (χ3v) is 2.70. The molecule has 0 aliphatic carbocycles. The number of fused-ring (bicyclic) bond motifs is 2. The van der Waals surface area contributed by atoms with Crippen molar-refractivity contribution in [1.82, 2.24) is 0 Å². The number of hydrogen-bond donors (Lipinski definition) is 0. The van der Waals surface area contributed by atoms with Crippen LogP contribution in [-0.4, -0.2) is 11.7 Å². The molecule has 0 saturated carbocycles. The minimum absolute atomic E-state index is 0.103. The summed E-state index contributed by atoms with van der Waals surface area (Å²) in [6.07, 6.45) is 7.35. The molecule has 1 saturated heterocycles. The van der Waals surface area contributed by atoms with E-state index in [1.54, 1.807) is 0 Å². The molecule has 0 aromatic rings. The Morgan fingerprint density at radius 3 is 2.80 bits per heavy atom. The van der Waals surface area contributed by atoms with Crippen LogP contribution in [0, 0.1) is 5.92 Å². The van der Waals surface area contributed by atoms with Crippen molar-refractivity contribution in [2.24, 2.45) is 5.92 Å². The summed E-state index contributed by atoms with van der Waals surface area (Å²) in [5.74, 6) is 0.787. The first-order valence-electron chi connectivity index (χ1n) is 4.11. The lowest BCUT2D eigenvalue weighted by molar-refractivity contribution is 0.0415. The molecule has 1 nitrogen and oxygen atoms in total. The average Bonchev–Trinajstić information content (AvgIpc) is 2.41. The topological polar surface area (TPSA) is 9.23 Å². The number of ether oxygens (including phenoxy) is 1. The molecule has 1 heteroatoms. The summed E-state index contributed by atoms with van der Waals surface area (Å²) < 4.78 is 5.75. The molecule has 0 aromatic carbocycles. The minimum atomic E-state index is 0.103. The molecule has 0 spiro atoms. The first kappa shape index (κ1) is 6.41. The van der Waals surface area contributed by atoms with Gasteiger partial charge in [0.1, 0.15) is 0 Å². The molecular formula is C9H14O. The average molecular weight is 138 g/mol. The predicted molar refractivity (Wildman–Crippen MR) is 40.8 cm³/mol. The Balaban J connectivity index is 2.18. The summed E-state index contributed by atoms with van der Waals surface area (Å²) in [7, 11) is 0. The van der Waals surface area contributed by atoms with E-state index < -0.39 is 0 Å². The van der Waals surface area contributed by atoms with E-state index >= 15 is 0 Å². The van der Waals surface area contributed by atoms with Crippen molar-refractivity contribution in [2.45, 2.75) is 38.4 Å². The molecule has 2 heterocycles. The van der Waals surface area contributed by atoms with Crippen molar-refractivity contribution < 1.29 is 4.74 Å². The Labute approximate surface area is 62.1 Å². The first-order valence-corrected chi connectivity index (χ1v) is 4.11. The maximum Gasteiger partial charge on any atom is 0.0847 e. The molecule has 10 heavy (non-hydrogen) atoms. The van der Waals surface area contributed by atoms with E-state index in [0.717, 1.165) is 5.92 Å². The molecule has 3 atom stereocenters. The van der Waals surface area contributed by atoms with Crippen molar-refractivity contribution in [2.75, 3.05) is 0 Å². The van der Waals surface area contributed by atoms with Gasteiger partial charge in [0.2, 0.25) is 0 Å². The highest BCUT2D eigenvalue weighted by molar-refractivity contribution is 5.17. The molecule has 1 fully saturated rings. The molecule has 56 valence electrons.